The Bertz CT molecular complexity index is 679. The van der Waals surface area contributed by atoms with E-state index in [-0.39, 0.29) is 23.9 Å². The summed E-state index contributed by atoms with van der Waals surface area (Å²) >= 11 is 0. The van der Waals surface area contributed by atoms with Gasteiger partial charge >= 0.3 is 0 Å². The average Bonchev–Trinajstić information content (AvgIpc) is 2.62. The lowest BCUT2D eigenvalue weighted by atomic mass is 9.86. The summed E-state index contributed by atoms with van der Waals surface area (Å²) in [6.07, 6.45) is 2.78. The SMILES string of the molecule is CC[C@H]1OC=C(c2ccc(F)cc2)[C@@H](OCc2ccccc2)[C@H]1C. The van der Waals surface area contributed by atoms with Crippen molar-refractivity contribution in [3.63, 3.8) is 0 Å². The second-order valence-corrected chi connectivity index (χ2v) is 6.24. The summed E-state index contributed by atoms with van der Waals surface area (Å²) in [6, 6.07) is 16.6. The number of ether oxygens (including phenoxy) is 2. The molecule has 24 heavy (non-hydrogen) atoms. The van der Waals surface area contributed by atoms with E-state index in [0.29, 0.717) is 6.61 Å². The number of hydrogen-bond donors (Lipinski definition) is 0. The Morgan fingerprint density at radius 1 is 1.04 bits per heavy atom. The standard InChI is InChI=1S/C21H23FO2/c1-3-20-15(2)21(24-13-16-7-5-4-6-8-16)19(14-23-20)17-9-11-18(22)12-10-17/h4-12,14-15,20-21H,3,13H2,1-2H3/t15-,20+,21-/m0/s1. The Labute approximate surface area is 142 Å². The van der Waals surface area contributed by atoms with E-state index in [1.807, 2.05) is 18.2 Å². The quantitative estimate of drug-likeness (QED) is 0.752. The minimum atomic E-state index is -0.239. The van der Waals surface area contributed by atoms with Gasteiger partial charge in [0.1, 0.15) is 11.9 Å². The molecule has 0 aliphatic carbocycles. The van der Waals surface area contributed by atoms with Crippen LogP contribution in [0.5, 0.6) is 0 Å². The first-order chi connectivity index (χ1) is 11.7. The molecule has 1 aliphatic rings. The van der Waals surface area contributed by atoms with Crippen LogP contribution in [-0.2, 0) is 16.1 Å². The van der Waals surface area contributed by atoms with Crippen molar-refractivity contribution in [3.05, 3.63) is 77.8 Å². The van der Waals surface area contributed by atoms with Crippen molar-refractivity contribution in [3.8, 4) is 0 Å². The van der Waals surface area contributed by atoms with Gasteiger partial charge in [0, 0.05) is 11.5 Å². The van der Waals surface area contributed by atoms with Crippen LogP contribution >= 0.6 is 0 Å². The van der Waals surface area contributed by atoms with Gasteiger partial charge in [-0.25, -0.2) is 4.39 Å². The molecule has 2 aromatic rings. The highest BCUT2D eigenvalue weighted by molar-refractivity contribution is 5.69. The molecule has 0 bridgehead atoms. The summed E-state index contributed by atoms with van der Waals surface area (Å²) in [5.41, 5.74) is 3.06. The molecule has 0 spiro atoms. The Balaban J connectivity index is 1.83. The summed E-state index contributed by atoms with van der Waals surface area (Å²) in [4.78, 5) is 0. The molecule has 3 rings (SSSR count). The third-order valence-corrected chi connectivity index (χ3v) is 4.59. The Hall–Kier alpha value is -2.13. The van der Waals surface area contributed by atoms with Crippen LogP contribution in [0.25, 0.3) is 5.57 Å². The maximum atomic E-state index is 13.2. The zero-order valence-electron chi connectivity index (χ0n) is 14.1. The van der Waals surface area contributed by atoms with E-state index >= 15 is 0 Å². The third-order valence-electron chi connectivity index (χ3n) is 4.59. The summed E-state index contributed by atoms with van der Waals surface area (Å²) < 4.78 is 25.4. The van der Waals surface area contributed by atoms with E-state index in [1.54, 1.807) is 18.4 Å². The van der Waals surface area contributed by atoms with Crippen LogP contribution in [0.15, 0.2) is 60.9 Å². The number of halogens is 1. The maximum Gasteiger partial charge on any atom is 0.123 e. The Kier molecular flexibility index (Phi) is 5.31. The van der Waals surface area contributed by atoms with Gasteiger partial charge in [0.15, 0.2) is 0 Å². The molecule has 0 amide bonds. The fraction of sp³-hybridized carbons (Fsp3) is 0.333. The van der Waals surface area contributed by atoms with E-state index in [2.05, 4.69) is 26.0 Å². The number of rotatable bonds is 5. The summed E-state index contributed by atoms with van der Waals surface area (Å²) in [6.45, 7) is 4.82. The van der Waals surface area contributed by atoms with E-state index in [0.717, 1.165) is 23.1 Å². The van der Waals surface area contributed by atoms with Crippen molar-refractivity contribution in [1.82, 2.24) is 0 Å². The maximum absolute atomic E-state index is 13.2. The summed E-state index contributed by atoms with van der Waals surface area (Å²) in [7, 11) is 0. The monoisotopic (exact) mass is 326 g/mol. The van der Waals surface area contributed by atoms with Gasteiger partial charge in [-0.1, -0.05) is 56.3 Å². The molecule has 0 unspecified atom stereocenters. The van der Waals surface area contributed by atoms with Crippen molar-refractivity contribution in [2.24, 2.45) is 5.92 Å². The van der Waals surface area contributed by atoms with Gasteiger partial charge in [0.2, 0.25) is 0 Å². The molecule has 0 aromatic heterocycles. The lowest BCUT2D eigenvalue weighted by Crippen LogP contribution is -2.36. The molecule has 126 valence electrons. The summed E-state index contributed by atoms with van der Waals surface area (Å²) in [5, 5.41) is 0. The fourth-order valence-corrected chi connectivity index (χ4v) is 3.17. The molecule has 0 N–H and O–H groups in total. The van der Waals surface area contributed by atoms with Gasteiger partial charge in [0.25, 0.3) is 0 Å². The minimum absolute atomic E-state index is 0.0747. The van der Waals surface area contributed by atoms with E-state index in [9.17, 15) is 4.39 Å². The molecule has 1 heterocycles. The topological polar surface area (TPSA) is 18.5 Å². The van der Waals surface area contributed by atoms with Crippen molar-refractivity contribution in [2.75, 3.05) is 0 Å². The van der Waals surface area contributed by atoms with Gasteiger partial charge in [-0.3, -0.25) is 0 Å². The fourth-order valence-electron chi connectivity index (χ4n) is 3.17. The van der Waals surface area contributed by atoms with Gasteiger partial charge in [-0.15, -0.1) is 0 Å². The molecule has 2 nitrogen and oxygen atoms in total. The molecule has 0 saturated carbocycles. The number of hydrogen-bond acceptors (Lipinski definition) is 2. The van der Waals surface area contributed by atoms with Crippen molar-refractivity contribution >= 4 is 5.57 Å². The normalized spacial score (nSPS) is 23.5. The van der Waals surface area contributed by atoms with Crippen molar-refractivity contribution in [1.29, 1.82) is 0 Å². The van der Waals surface area contributed by atoms with Crippen LogP contribution < -0.4 is 0 Å². The first-order valence-electron chi connectivity index (χ1n) is 8.46. The molecular weight excluding hydrogens is 303 g/mol. The predicted octanol–water partition coefficient (Wildman–Crippen LogP) is 5.20. The molecule has 2 aromatic carbocycles. The van der Waals surface area contributed by atoms with Gasteiger partial charge in [-0.2, -0.15) is 0 Å². The van der Waals surface area contributed by atoms with E-state index in [4.69, 9.17) is 9.47 Å². The highest BCUT2D eigenvalue weighted by atomic mass is 19.1. The van der Waals surface area contributed by atoms with Crippen molar-refractivity contribution < 1.29 is 13.9 Å². The second kappa shape index (κ2) is 7.63. The van der Waals surface area contributed by atoms with Gasteiger partial charge in [-0.05, 0) is 29.7 Å². The summed E-state index contributed by atoms with van der Waals surface area (Å²) in [5.74, 6) is -0.0129. The zero-order chi connectivity index (χ0) is 16.9. The second-order valence-electron chi connectivity index (χ2n) is 6.24. The highest BCUT2D eigenvalue weighted by Gasteiger charge is 2.34. The van der Waals surface area contributed by atoms with Crippen LogP contribution in [0.4, 0.5) is 4.39 Å². The van der Waals surface area contributed by atoms with Gasteiger partial charge in [0.05, 0.1) is 19.0 Å². The molecular formula is C21H23FO2. The van der Waals surface area contributed by atoms with Crippen molar-refractivity contribution in [2.45, 2.75) is 39.1 Å². The van der Waals surface area contributed by atoms with Crippen LogP contribution in [0.3, 0.4) is 0 Å². The van der Waals surface area contributed by atoms with E-state index in [1.165, 1.54) is 12.1 Å². The first-order valence-corrected chi connectivity index (χ1v) is 8.46. The highest BCUT2D eigenvalue weighted by Crippen LogP contribution is 2.35. The average molecular weight is 326 g/mol. The van der Waals surface area contributed by atoms with Crippen LogP contribution in [0, 0.1) is 11.7 Å². The lowest BCUT2D eigenvalue weighted by molar-refractivity contribution is -0.0292. The van der Waals surface area contributed by atoms with Gasteiger partial charge < -0.3 is 9.47 Å². The molecule has 0 saturated heterocycles. The van der Waals surface area contributed by atoms with Crippen LogP contribution in [0.1, 0.15) is 31.4 Å². The first kappa shape index (κ1) is 16.7. The zero-order valence-corrected chi connectivity index (χ0v) is 14.1. The molecule has 1 aliphatic heterocycles. The minimum Gasteiger partial charge on any atom is -0.497 e. The molecule has 3 atom stereocenters. The Morgan fingerprint density at radius 3 is 2.42 bits per heavy atom. The smallest absolute Gasteiger partial charge is 0.123 e. The number of benzene rings is 2. The molecule has 0 fully saturated rings. The molecule has 0 radical (unpaired) electrons. The lowest BCUT2D eigenvalue weighted by Gasteiger charge is -2.36. The third kappa shape index (κ3) is 3.68. The Morgan fingerprint density at radius 2 is 1.75 bits per heavy atom. The van der Waals surface area contributed by atoms with Crippen LogP contribution in [-0.4, -0.2) is 12.2 Å². The predicted molar refractivity (Wildman–Crippen MR) is 93.7 cm³/mol. The van der Waals surface area contributed by atoms with E-state index < -0.39 is 0 Å². The largest absolute Gasteiger partial charge is 0.497 e. The van der Waals surface area contributed by atoms with Crippen LogP contribution in [0.2, 0.25) is 0 Å². The molecule has 3 heteroatoms.